The zero-order valence-electron chi connectivity index (χ0n) is 18.2. The predicted molar refractivity (Wildman–Crippen MR) is 141 cm³/mol. The maximum Gasteiger partial charge on any atom is 0.257 e. The minimum Gasteiger partial charge on any atom is -0.394 e. The van der Waals surface area contributed by atoms with Crippen molar-refractivity contribution in [2.75, 3.05) is 16.4 Å². The van der Waals surface area contributed by atoms with Gasteiger partial charge in [-0.25, -0.2) is 8.78 Å². The van der Waals surface area contributed by atoms with E-state index >= 15 is 0 Å². The Kier molecular flexibility index (Phi) is 7.21. The smallest absolute Gasteiger partial charge is 0.257 e. The molecule has 3 aromatic carbocycles. The summed E-state index contributed by atoms with van der Waals surface area (Å²) in [6, 6.07) is 11.3. The number of nitrogen functional groups attached to an aromatic ring is 1. The Morgan fingerprint density at radius 1 is 1.03 bits per heavy atom. The van der Waals surface area contributed by atoms with Crippen LogP contribution in [0.4, 0.5) is 25.8 Å². The van der Waals surface area contributed by atoms with Crippen molar-refractivity contribution >= 4 is 81.4 Å². The van der Waals surface area contributed by atoms with E-state index in [9.17, 15) is 18.4 Å². The van der Waals surface area contributed by atoms with Gasteiger partial charge in [0.15, 0.2) is 5.82 Å². The van der Waals surface area contributed by atoms with Crippen LogP contribution in [-0.2, 0) is 4.79 Å². The predicted octanol–water partition coefficient (Wildman–Crippen LogP) is 7.28. The molecule has 0 aliphatic heterocycles. The first-order valence-corrected chi connectivity index (χ1v) is 11.9. The number of carbonyl (C=O) groups excluding carboxylic acids is 2. The molecule has 0 unspecified atom stereocenters. The van der Waals surface area contributed by atoms with Gasteiger partial charge in [0.25, 0.3) is 5.91 Å². The lowest BCUT2D eigenvalue weighted by Crippen LogP contribution is -2.18. The van der Waals surface area contributed by atoms with Crippen LogP contribution in [-0.4, -0.2) is 16.1 Å². The van der Waals surface area contributed by atoms with Gasteiger partial charge in [0.1, 0.15) is 15.8 Å². The molecule has 1 saturated carbocycles. The molecule has 0 radical (unpaired) electrons. The van der Waals surface area contributed by atoms with Gasteiger partial charge in [-0.2, -0.15) is 0 Å². The molecule has 0 heterocycles. The number of amides is 2. The van der Waals surface area contributed by atoms with Crippen molar-refractivity contribution in [3.8, 4) is 0 Å². The van der Waals surface area contributed by atoms with Gasteiger partial charge >= 0.3 is 0 Å². The summed E-state index contributed by atoms with van der Waals surface area (Å²) < 4.78 is 26.2. The largest absolute Gasteiger partial charge is 0.394 e. The number of halogens is 6. The van der Waals surface area contributed by atoms with Gasteiger partial charge in [-0.05, 0) is 53.6 Å². The van der Waals surface area contributed by atoms with Crippen molar-refractivity contribution < 1.29 is 18.4 Å². The SMILES string of the molecule is C=Cc1cc(Cl)cc([C@@H]2[C@@H](C(=O)Nc3ccc(Cl)c(C(=O)Nc4ccc(F)c(N)c4F)c3)C2(Cl)Cl)c1. The van der Waals surface area contributed by atoms with E-state index in [0.717, 1.165) is 17.7 Å². The van der Waals surface area contributed by atoms with E-state index in [0.29, 0.717) is 10.6 Å². The second-order valence-electron chi connectivity index (χ2n) is 8.11. The van der Waals surface area contributed by atoms with Gasteiger partial charge in [-0.1, -0.05) is 41.9 Å². The molecule has 2 amide bonds. The molecule has 5 nitrogen and oxygen atoms in total. The normalized spacial score (nSPS) is 17.8. The van der Waals surface area contributed by atoms with E-state index < -0.39 is 45.3 Å². The Hall–Kier alpha value is -2.84. The summed E-state index contributed by atoms with van der Waals surface area (Å²) in [6.45, 7) is 3.72. The first-order valence-electron chi connectivity index (χ1n) is 10.4. The zero-order chi connectivity index (χ0) is 26.4. The highest BCUT2D eigenvalue weighted by Gasteiger charge is 2.67. The molecular formula is C25H17Cl4F2N3O2. The lowest BCUT2D eigenvalue weighted by Gasteiger charge is -2.11. The average Bonchev–Trinajstić information content (AvgIpc) is 3.42. The summed E-state index contributed by atoms with van der Waals surface area (Å²) in [7, 11) is 0. The van der Waals surface area contributed by atoms with Crippen LogP contribution in [0.25, 0.3) is 6.08 Å². The van der Waals surface area contributed by atoms with Crippen LogP contribution in [0.5, 0.6) is 0 Å². The zero-order valence-corrected chi connectivity index (χ0v) is 21.2. The fraction of sp³-hybridized carbons (Fsp3) is 0.120. The Balaban J connectivity index is 1.53. The van der Waals surface area contributed by atoms with Crippen LogP contribution < -0.4 is 16.4 Å². The third kappa shape index (κ3) is 5.02. The Labute approximate surface area is 225 Å². The van der Waals surface area contributed by atoms with Gasteiger partial charge < -0.3 is 16.4 Å². The lowest BCUT2D eigenvalue weighted by atomic mass is 10.1. The molecule has 1 aliphatic carbocycles. The van der Waals surface area contributed by atoms with Crippen molar-refractivity contribution in [2.24, 2.45) is 5.92 Å². The number of rotatable bonds is 6. The van der Waals surface area contributed by atoms with E-state index in [2.05, 4.69) is 17.2 Å². The molecule has 1 fully saturated rings. The van der Waals surface area contributed by atoms with E-state index in [1.807, 2.05) is 0 Å². The molecule has 36 heavy (non-hydrogen) atoms. The van der Waals surface area contributed by atoms with Crippen molar-refractivity contribution in [2.45, 2.75) is 10.3 Å². The minimum absolute atomic E-state index is 0.0326. The number of hydrogen-bond donors (Lipinski definition) is 3. The number of hydrogen-bond acceptors (Lipinski definition) is 3. The number of nitrogens with two attached hydrogens (primary N) is 1. The van der Waals surface area contributed by atoms with Crippen molar-refractivity contribution in [1.82, 2.24) is 0 Å². The molecule has 4 rings (SSSR count). The van der Waals surface area contributed by atoms with Gasteiger partial charge in [-0.3, -0.25) is 9.59 Å². The molecule has 1 aliphatic rings. The molecule has 3 aromatic rings. The fourth-order valence-electron chi connectivity index (χ4n) is 3.85. The summed E-state index contributed by atoms with van der Waals surface area (Å²) in [4.78, 5) is 25.7. The van der Waals surface area contributed by atoms with Crippen molar-refractivity contribution in [3.63, 3.8) is 0 Å². The maximum atomic E-state index is 14.2. The highest BCUT2D eigenvalue weighted by molar-refractivity contribution is 6.53. The van der Waals surface area contributed by atoms with Gasteiger partial charge in [0, 0.05) is 16.6 Å². The van der Waals surface area contributed by atoms with E-state index in [1.165, 1.54) is 18.2 Å². The first kappa shape index (κ1) is 26.2. The Bertz CT molecular complexity index is 1410. The molecule has 186 valence electrons. The van der Waals surface area contributed by atoms with Crippen LogP contribution in [0.1, 0.15) is 27.4 Å². The van der Waals surface area contributed by atoms with Crippen LogP contribution in [0.3, 0.4) is 0 Å². The van der Waals surface area contributed by atoms with Crippen LogP contribution in [0.15, 0.2) is 55.1 Å². The summed E-state index contributed by atoms with van der Waals surface area (Å²) >= 11 is 25.2. The minimum atomic E-state index is -1.38. The molecule has 11 heteroatoms. The van der Waals surface area contributed by atoms with E-state index in [4.69, 9.17) is 52.1 Å². The van der Waals surface area contributed by atoms with Crippen molar-refractivity contribution in [3.05, 3.63) is 93.5 Å². The molecule has 0 aromatic heterocycles. The highest BCUT2D eigenvalue weighted by Crippen LogP contribution is 2.65. The van der Waals surface area contributed by atoms with Crippen molar-refractivity contribution in [1.29, 1.82) is 0 Å². The monoisotopic (exact) mass is 569 g/mol. The third-order valence-corrected chi connectivity index (χ3v) is 7.21. The summed E-state index contributed by atoms with van der Waals surface area (Å²) in [6.07, 6.45) is 1.61. The molecule has 0 spiro atoms. The quantitative estimate of drug-likeness (QED) is 0.215. The lowest BCUT2D eigenvalue weighted by molar-refractivity contribution is -0.117. The van der Waals surface area contributed by atoms with Gasteiger partial charge in [0.05, 0.1) is 22.2 Å². The number of benzene rings is 3. The van der Waals surface area contributed by atoms with E-state index in [1.54, 1.807) is 24.3 Å². The average molecular weight is 571 g/mol. The second kappa shape index (κ2) is 9.90. The molecule has 0 bridgehead atoms. The number of nitrogens with one attached hydrogen (secondary N) is 2. The summed E-state index contributed by atoms with van der Waals surface area (Å²) in [5.74, 6) is -4.70. The third-order valence-electron chi connectivity index (χ3n) is 5.73. The van der Waals surface area contributed by atoms with Crippen LogP contribution in [0.2, 0.25) is 10.0 Å². The second-order valence-corrected chi connectivity index (χ2v) is 10.4. The number of carbonyl (C=O) groups is 2. The molecule has 4 N–H and O–H groups in total. The molecule has 2 atom stereocenters. The molecular weight excluding hydrogens is 554 g/mol. The van der Waals surface area contributed by atoms with Crippen LogP contribution >= 0.6 is 46.4 Å². The van der Waals surface area contributed by atoms with Crippen LogP contribution in [0, 0.1) is 17.6 Å². The first-order chi connectivity index (χ1) is 16.9. The highest BCUT2D eigenvalue weighted by atomic mass is 35.5. The number of alkyl halides is 2. The Morgan fingerprint density at radius 3 is 2.44 bits per heavy atom. The standard InChI is InChI=1S/C25H17Cl4F2N3O2/c1-2-11-7-12(9-13(26)8-11)19-20(25(19,28)29)24(36)33-14-3-4-16(27)15(10-14)23(35)34-18-6-5-17(30)22(32)21(18)31/h2-10,19-20H,1,32H2,(H,33,36)(H,34,35)/t19-,20+/m1/s1. The molecule has 0 saturated heterocycles. The topological polar surface area (TPSA) is 84.2 Å². The number of anilines is 3. The maximum absolute atomic E-state index is 14.2. The fourth-order valence-corrected chi connectivity index (χ4v) is 5.14. The summed E-state index contributed by atoms with van der Waals surface area (Å²) in [5.41, 5.74) is 5.85. The Morgan fingerprint density at radius 2 is 1.75 bits per heavy atom. The summed E-state index contributed by atoms with van der Waals surface area (Å²) in [5, 5.41) is 5.44. The van der Waals surface area contributed by atoms with Gasteiger partial charge in [-0.15, -0.1) is 23.2 Å². The van der Waals surface area contributed by atoms with E-state index in [-0.39, 0.29) is 22.0 Å². The van der Waals surface area contributed by atoms with Gasteiger partial charge in [0.2, 0.25) is 5.91 Å².